The Morgan fingerprint density at radius 1 is 1.27 bits per heavy atom. The van der Waals surface area contributed by atoms with Crippen LogP contribution in [0, 0.1) is 12.3 Å². The van der Waals surface area contributed by atoms with Crippen molar-refractivity contribution in [2.75, 3.05) is 6.61 Å². The number of nitrogens with zero attached hydrogens (tertiary/aromatic N) is 3. The maximum atomic E-state index is 13.6. The zero-order valence-corrected chi connectivity index (χ0v) is 22.1. The van der Waals surface area contributed by atoms with Gasteiger partial charge in [-0.25, -0.2) is 22.8 Å². The molecule has 2 N–H and O–H groups in total. The Morgan fingerprint density at radius 3 is 2.71 bits per heavy atom. The minimum absolute atomic E-state index is 0.0579. The van der Waals surface area contributed by atoms with Gasteiger partial charge < -0.3 is 10.1 Å². The summed E-state index contributed by atoms with van der Waals surface area (Å²) in [5, 5.41) is 6.83. The smallest absolute Gasteiger partial charge is 0.422 e. The normalized spacial score (nSPS) is 19.7. The van der Waals surface area contributed by atoms with Gasteiger partial charge in [-0.05, 0) is 61.1 Å². The van der Waals surface area contributed by atoms with Crippen molar-refractivity contribution in [3.63, 3.8) is 0 Å². The molecule has 1 saturated carbocycles. The Balaban J connectivity index is 1.39. The molecule has 10 nitrogen and oxygen atoms in total. The first-order valence-corrected chi connectivity index (χ1v) is 14.2. The summed E-state index contributed by atoms with van der Waals surface area (Å²) >= 11 is 0. The number of alkyl halides is 3. The molecule has 0 unspecified atom stereocenters. The first-order valence-electron chi connectivity index (χ1n) is 12.7. The fraction of sp³-hybridized carbons (Fsp3) is 0.333. The Labute approximate surface area is 232 Å². The largest absolute Gasteiger partial charge is 0.484 e. The Bertz CT molecular complexity index is 1740. The van der Waals surface area contributed by atoms with Gasteiger partial charge in [0.1, 0.15) is 11.4 Å². The van der Waals surface area contributed by atoms with Crippen molar-refractivity contribution in [3.05, 3.63) is 70.2 Å². The SMILES string of the molecule is C#Cc1ccc(-n2nc3c(c2C(=O)NS(=O)(=O)C2CC2)C(=O)N[C@@]2(CCc4cc(OCC(F)(F)F)ccc42)C3)nc1. The number of carbonyl (C=O) groups excluding carboxylic acids is 2. The number of pyridine rings is 1. The molecule has 2 aromatic heterocycles. The fourth-order valence-corrected chi connectivity index (χ4v) is 6.62. The highest BCUT2D eigenvalue weighted by atomic mass is 32.2. The second kappa shape index (κ2) is 9.34. The van der Waals surface area contributed by atoms with Gasteiger partial charge in [-0.2, -0.15) is 18.3 Å². The van der Waals surface area contributed by atoms with Crippen molar-refractivity contribution in [2.45, 2.75) is 49.1 Å². The van der Waals surface area contributed by atoms with Crippen LogP contribution in [0.2, 0.25) is 0 Å². The number of amides is 2. The zero-order chi connectivity index (χ0) is 29.2. The van der Waals surface area contributed by atoms with Gasteiger partial charge in [0.25, 0.3) is 11.8 Å². The number of nitrogens with one attached hydrogen (secondary N) is 2. The third-order valence-electron chi connectivity index (χ3n) is 7.37. The van der Waals surface area contributed by atoms with Crippen LogP contribution < -0.4 is 14.8 Å². The van der Waals surface area contributed by atoms with Gasteiger partial charge in [0.15, 0.2) is 12.4 Å². The molecule has 1 aliphatic heterocycles. The molecular formula is C27H22F3N5O5S. The van der Waals surface area contributed by atoms with Crippen molar-refractivity contribution in [2.24, 2.45) is 0 Å². The van der Waals surface area contributed by atoms with E-state index in [0.717, 1.165) is 4.68 Å². The first-order chi connectivity index (χ1) is 19.4. The maximum absolute atomic E-state index is 13.6. The molecule has 3 heterocycles. The van der Waals surface area contributed by atoms with E-state index in [1.807, 2.05) is 0 Å². The van der Waals surface area contributed by atoms with Crippen molar-refractivity contribution in [3.8, 4) is 23.9 Å². The average Bonchev–Trinajstić information content (AvgIpc) is 3.65. The summed E-state index contributed by atoms with van der Waals surface area (Å²) in [7, 11) is -3.95. The van der Waals surface area contributed by atoms with E-state index in [1.54, 1.807) is 12.1 Å². The molecule has 6 rings (SSSR count). The number of fused-ring (bicyclic) bond motifs is 3. The summed E-state index contributed by atoms with van der Waals surface area (Å²) in [6.07, 6.45) is 4.21. The fourth-order valence-electron chi connectivity index (χ4n) is 5.34. The summed E-state index contributed by atoms with van der Waals surface area (Å²) < 4.78 is 71.1. The molecule has 2 aliphatic carbocycles. The van der Waals surface area contributed by atoms with Gasteiger partial charge >= 0.3 is 6.18 Å². The van der Waals surface area contributed by atoms with E-state index in [2.05, 4.69) is 26.0 Å². The molecule has 0 bridgehead atoms. The highest BCUT2D eigenvalue weighted by Gasteiger charge is 2.48. The number of aryl methyl sites for hydroxylation is 1. The molecule has 1 aromatic carbocycles. The van der Waals surface area contributed by atoms with E-state index in [1.165, 1.54) is 24.4 Å². The first kappa shape index (κ1) is 26.8. The van der Waals surface area contributed by atoms with E-state index in [4.69, 9.17) is 11.2 Å². The van der Waals surface area contributed by atoms with Crippen LogP contribution in [0.3, 0.4) is 0 Å². The van der Waals surface area contributed by atoms with Gasteiger partial charge in [0.2, 0.25) is 10.0 Å². The second-order valence-corrected chi connectivity index (χ2v) is 12.2. The van der Waals surface area contributed by atoms with Crippen molar-refractivity contribution in [1.82, 2.24) is 24.8 Å². The number of sulfonamides is 1. The van der Waals surface area contributed by atoms with Gasteiger partial charge in [0.05, 0.1) is 22.0 Å². The van der Waals surface area contributed by atoms with E-state index < -0.39 is 45.4 Å². The quantitative estimate of drug-likeness (QED) is 0.425. The summed E-state index contributed by atoms with van der Waals surface area (Å²) in [4.78, 5) is 31.3. The lowest BCUT2D eigenvalue weighted by Crippen LogP contribution is -2.50. The van der Waals surface area contributed by atoms with E-state index in [0.29, 0.717) is 42.4 Å². The molecule has 14 heteroatoms. The lowest BCUT2D eigenvalue weighted by atomic mass is 9.82. The van der Waals surface area contributed by atoms with Crippen LogP contribution in [0.25, 0.3) is 5.82 Å². The second-order valence-electron chi connectivity index (χ2n) is 10.2. The van der Waals surface area contributed by atoms with Gasteiger partial charge in [-0.15, -0.1) is 6.42 Å². The summed E-state index contributed by atoms with van der Waals surface area (Å²) in [6.45, 7) is -1.42. The van der Waals surface area contributed by atoms with Crippen LogP contribution in [0.5, 0.6) is 5.75 Å². The van der Waals surface area contributed by atoms with Crippen LogP contribution in [-0.4, -0.2) is 53.0 Å². The molecule has 1 fully saturated rings. The molecule has 3 aliphatic rings. The topological polar surface area (TPSA) is 132 Å². The Hall–Kier alpha value is -4.38. The van der Waals surface area contributed by atoms with Crippen molar-refractivity contribution < 1.29 is 35.9 Å². The third-order valence-corrected chi connectivity index (χ3v) is 9.19. The molecule has 0 saturated heterocycles. The number of aromatic nitrogens is 3. The number of carbonyl (C=O) groups is 2. The van der Waals surface area contributed by atoms with E-state index in [-0.39, 0.29) is 34.9 Å². The molecule has 0 radical (unpaired) electrons. The molecule has 41 heavy (non-hydrogen) atoms. The summed E-state index contributed by atoms with van der Waals surface area (Å²) in [5.74, 6) is 0.978. The van der Waals surface area contributed by atoms with Crippen LogP contribution in [0.4, 0.5) is 13.2 Å². The summed E-state index contributed by atoms with van der Waals surface area (Å²) in [6, 6.07) is 7.62. The molecule has 3 aromatic rings. The predicted molar refractivity (Wildman–Crippen MR) is 138 cm³/mol. The molecule has 212 valence electrons. The standard InChI is InChI=1S/C27H22F3N5O5S/c1-2-15-3-8-21(31-13-15)35-23(25(37)34-41(38,39)18-5-6-18)22-20(33-35)12-26(32-24(22)36)10-9-16-11-17(4-7-19(16)26)40-14-27(28,29)30/h1,3-4,7-8,11,13,18H,5-6,9-10,12,14H2,(H,32,36)(H,34,37)/t26-/m0/s1. The highest BCUT2D eigenvalue weighted by molar-refractivity contribution is 7.91. The number of terminal acetylenes is 1. The summed E-state index contributed by atoms with van der Waals surface area (Å²) in [5.41, 5.74) is 0.821. The van der Waals surface area contributed by atoms with E-state index in [9.17, 15) is 31.2 Å². The molecule has 2 amide bonds. The number of benzene rings is 1. The average molecular weight is 586 g/mol. The Morgan fingerprint density at radius 2 is 2.05 bits per heavy atom. The third kappa shape index (κ3) is 4.90. The number of ether oxygens (including phenoxy) is 1. The number of halogens is 3. The number of hydrogen-bond donors (Lipinski definition) is 2. The monoisotopic (exact) mass is 585 g/mol. The minimum Gasteiger partial charge on any atom is -0.484 e. The van der Waals surface area contributed by atoms with E-state index >= 15 is 0 Å². The van der Waals surface area contributed by atoms with Crippen LogP contribution >= 0.6 is 0 Å². The molecule has 1 spiro atoms. The van der Waals surface area contributed by atoms with Crippen LogP contribution in [0.15, 0.2) is 36.5 Å². The van der Waals surface area contributed by atoms with Crippen molar-refractivity contribution >= 4 is 21.8 Å². The lowest BCUT2D eigenvalue weighted by Gasteiger charge is -2.35. The number of hydrogen-bond acceptors (Lipinski definition) is 7. The van der Waals surface area contributed by atoms with Gasteiger partial charge in [-0.3, -0.25) is 9.59 Å². The zero-order valence-electron chi connectivity index (χ0n) is 21.3. The van der Waals surface area contributed by atoms with Crippen LogP contribution in [-0.2, 0) is 28.4 Å². The van der Waals surface area contributed by atoms with Crippen LogP contribution in [0.1, 0.15) is 62.5 Å². The van der Waals surface area contributed by atoms with Crippen molar-refractivity contribution in [1.29, 1.82) is 0 Å². The minimum atomic E-state index is -4.48. The molecular weight excluding hydrogens is 563 g/mol. The lowest BCUT2D eigenvalue weighted by molar-refractivity contribution is -0.153. The van der Waals surface area contributed by atoms with Gasteiger partial charge in [-0.1, -0.05) is 12.0 Å². The predicted octanol–water partition coefficient (Wildman–Crippen LogP) is 2.54. The van der Waals surface area contributed by atoms with Gasteiger partial charge in [0, 0.05) is 18.2 Å². The number of rotatable bonds is 6. The highest BCUT2D eigenvalue weighted by Crippen LogP contribution is 2.44. The maximum Gasteiger partial charge on any atom is 0.422 e. The molecule has 1 atom stereocenters. The Kier molecular flexibility index (Phi) is 6.11.